The fourth-order valence-corrected chi connectivity index (χ4v) is 1.51. The summed E-state index contributed by atoms with van der Waals surface area (Å²) in [7, 11) is 0. The van der Waals surface area contributed by atoms with E-state index in [9.17, 15) is 4.79 Å². The average Bonchev–Trinajstić information content (AvgIpc) is 2.25. The molecule has 88 valence electrons. The number of hydrogen-bond donors (Lipinski definition) is 0. The van der Waals surface area contributed by atoms with Crippen LogP contribution in [0.3, 0.4) is 0 Å². The maximum atomic E-state index is 10.7. The minimum atomic E-state index is -0.270. The van der Waals surface area contributed by atoms with Crippen LogP contribution in [0.2, 0.25) is 0 Å². The van der Waals surface area contributed by atoms with Gasteiger partial charge in [0.2, 0.25) is 0 Å². The van der Waals surface area contributed by atoms with Gasteiger partial charge in [-0.3, -0.25) is 9.69 Å². The van der Waals surface area contributed by atoms with Crippen LogP contribution in [0.15, 0.2) is 0 Å². The van der Waals surface area contributed by atoms with Crippen LogP contribution in [-0.2, 0) is 19.0 Å². The number of esters is 1. The van der Waals surface area contributed by atoms with Crippen LogP contribution < -0.4 is 0 Å². The Morgan fingerprint density at radius 2 is 2.13 bits per heavy atom. The summed E-state index contributed by atoms with van der Waals surface area (Å²) in [5, 5.41) is 0. The van der Waals surface area contributed by atoms with Gasteiger partial charge in [-0.25, -0.2) is 0 Å². The predicted octanol–water partition coefficient (Wildman–Crippen LogP) is 0.244. The molecule has 0 aromatic heterocycles. The van der Waals surface area contributed by atoms with E-state index >= 15 is 0 Å². The molecule has 0 radical (unpaired) electrons. The number of morpholine rings is 1. The molecule has 15 heavy (non-hydrogen) atoms. The fourth-order valence-electron chi connectivity index (χ4n) is 1.51. The van der Waals surface area contributed by atoms with Gasteiger partial charge in [0.15, 0.2) is 0 Å². The lowest BCUT2D eigenvalue weighted by Gasteiger charge is -2.33. The van der Waals surface area contributed by atoms with Crippen molar-refractivity contribution in [2.24, 2.45) is 0 Å². The van der Waals surface area contributed by atoms with Crippen LogP contribution in [0.4, 0.5) is 0 Å². The highest BCUT2D eigenvalue weighted by atomic mass is 16.6. The van der Waals surface area contributed by atoms with E-state index in [2.05, 4.69) is 4.90 Å². The summed E-state index contributed by atoms with van der Waals surface area (Å²) in [6.45, 7) is 7.32. The average molecular weight is 217 g/mol. The number of rotatable bonds is 5. The summed E-state index contributed by atoms with van der Waals surface area (Å²) < 4.78 is 15.7. The summed E-state index contributed by atoms with van der Waals surface area (Å²) in [4.78, 5) is 12.8. The molecule has 1 fully saturated rings. The zero-order chi connectivity index (χ0) is 11.1. The Bertz CT molecular complexity index is 192. The predicted molar refractivity (Wildman–Crippen MR) is 54.4 cm³/mol. The first-order chi connectivity index (χ1) is 7.24. The number of nitrogens with zero attached hydrogens (tertiary/aromatic N) is 1. The Kier molecular flexibility index (Phi) is 5.60. The topological polar surface area (TPSA) is 48.0 Å². The maximum Gasteiger partial charge on any atom is 0.302 e. The second-order valence-corrected chi connectivity index (χ2v) is 3.36. The summed E-state index contributed by atoms with van der Waals surface area (Å²) in [5.41, 5.74) is 0. The molecule has 1 rings (SSSR count). The first-order valence-corrected chi connectivity index (χ1v) is 5.30. The lowest BCUT2D eigenvalue weighted by Crippen LogP contribution is -2.47. The minimum absolute atomic E-state index is 0.136. The number of ether oxygens (including phenoxy) is 3. The van der Waals surface area contributed by atoms with E-state index in [1.165, 1.54) is 6.92 Å². The fraction of sp³-hybridized carbons (Fsp3) is 0.900. The van der Waals surface area contributed by atoms with Crippen molar-refractivity contribution in [1.82, 2.24) is 4.90 Å². The molecule has 1 heterocycles. The van der Waals surface area contributed by atoms with E-state index < -0.39 is 0 Å². The summed E-state index contributed by atoms with van der Waals surface area (Å²) in [6, 6.07) is 0. The second kappa shape index (κ2) is 6.76. The number of carbonyl (C=O) groups excluding carboxylic acids is 1. The van der Waals surface area contributed by atoms with Gasteiger partial charge in [-0.2, -0.15) is 0 Å². The molecule has 0 aromatic carbocycles. The standard InChI is InChI=1S/C10H19NO4/c1-3-14-10(8-15-9(2)12)11-4-6-13-7-5-11/h10H,3-8H2,1-2H3. The summed E-state index contributed by atoms with van der Waals surface area (Å²) >= 11 is 0. The third kappa shape index (κ3) is 4.59. The highest BCUT2D eigenvalue weighted by Crippen LogP contribution is 2.06. The van der Waals surface area contributed by atoms with Crippen LogP contribution in [0.5, 0.6) is 0 Å². The van der Waals surface area contributed by atoms with Crippen LogP contribution in [0, 0.1) is 0 Å². The first kappa shape index (κ1) is 12.4. The van der Waals surface area contributed by atoms with E-state index in [-0.39, 0.29) is 12.2 Å². The van der Waals surface area contributed by atoms with Gasteiger partial charge in [-0.1, -0.05) is 0 Å². The van der Waals surface area contributed by atoms with Crippen LogP contribution in [0.1, 0.15) is 13.8 Å². The molecule has 0 amide bonds. The van der Waals surface area contributed by atoms with E-state index in [0.717, 1.165) is 13.1 Å². The normalized spacial score (nSPS) is 19.9. The van der Waals surface area contributed by atoms with Crippen LogP contribution in [0.25, 0.3) is 0 Å². The SMILES string of the molecule is CCOC(COC(C)=O)N1CCOCC1. The van der Waals surface area contributed by atoms with Crippen molar-refractivity contribution in [1.29, 1.82) is 0 Å². The van der Waals surface area contributed by atoms with Gasteiger partial charge in [0.1, 0.15) is 12.8 Å². The molecular formula is C10H19NO4. The molecule has 0 spiro atoms. The van der Waals surface area contributed by atoms with Gasteiger partial charge in [0, 0.05) is 26.6 Å². The van der Waals surface area contributed by atoms with Gasteiger partial charge in [-0.15, -0.1) is 0 Å². The first-order valence-electron chi connectivity index (χ1n) is 5.30. The quantitative estimate of drug-likeness (QED) is 0.618. The zero-order valence-corrected chi connectivity index (χ0v) is 9.40. The lowest BCUT2D eigenvalue weighted by atomic mass is 10.4. The summed E-state index contributed by atoms with van der Waals surface area (Å²) in [5.74, 6) is -0.270. The van der Waals surface area contributed by atoms with Crippen molar-refractivity contribution >= 4 is 5.97 Å². The molecule has 1 unspecified atom stereocenters. The summed E-state index contributed by atoms with van der Waals surface area (Å²) in [6.07, 6.45) is -0.136. The van der Waals surface area contributed by atoms with E-state index in [1.54, 1.807) is 0 Å². The van der Waals surface area contributed by atoms with Crippen LogP contribution in [-0.4, -0.2) is 56.6 Å². The van der Waals surface area contributed by atoms with Gasteiger partial charge >= 0.3 is 5.97 Å². The number of hydrogen-bond acceptors (Lipinski definition) is 5. The van der Waals surface area contributed by atoms with Gasteiger partial charge < -0.3 is 14.2 Å². The largest absolute Gasteiger partial charge is 0.462 e. The second-order valence-electron chi connectivity index (χ2n) is 3.36. The molecule has 1 saturated heterocycles. The monoisotopic (exact) mass is 217 g/mol. The Morgan fingerprint density at radius 3 is 2.67 bits per heavy atom. The van der Waals surface area contributed by atoms with Crippen molar-refractivity contribution in [3.05, 3.63) is 0 Å². The van der Waals surface area contributed by atoms with Crippen molar-refractivity contribution in [3.63, 3.8) is 0 Å². The Morgan fingerprint density at radius 1 is 1.47 bits per heavy atom. The maximum absolute atomic E-state index is 10.7. The van der Waals surface area contributed by atoms with E-state index in [4.69, 9.17) is 14.2 Å². The minimum Gasteiger partial charge on any atom is -0.462 e. The van der Waals surface area contributed by atoms with Crippen molar-refractivity contribution in [2.75, 3.05) is 39.5 Å². The Labute approximate surface area is 90.3 Å². The molecule has 1 aliphatic rings. The molecule has 5 heteroatoms. The molecule has 0 saturated carbocycles. The van der Waals surface area contributed by atoms with Gasteiger partial charge in [0.05, 0.1) is 13.2 Å². The van der Waals surface area contributed by atoms with Crippen molar-refractivity contribution < 1.29 is 19.0 Å². The zero-order valence-electron chi connectivity index (χ0n) is 9.40. The number of carbonyl (C=O) groups is 1. The molecule has 0 bridgehead atoms. The molecule has 0 aromatic rings. The third-order valence-electron chi connectivity index (χ3n) is 2.24. The molecule has 0 aliphatic carbocycles. The molecule has 1 aliphatic heterocycles. The lowest BCUT2D eigenvalue weighted by molar-refractivity contribution is -0.157. The van der Waals surface area contributed by atoms with Crippen LogP contribution >= 0.6 is 0 Å². The van der Waals surface area contributed by atoms with Crippen molar-refractivity contribution in [2.45, 2.75) is 20.1 Å². The third-order valence-corrected chi connectivity index (χ3v) is 2.24. The molecular weight excluding hydrogens is 198 g/mol. The smallest absolute Gasteiger partial charge is 0.302 e. The Hall–Kier alpha value is -0.650. The van der Waals surface area contributed by atoms with Crippen molar-refractivity contribution in [3.8, 4) is 0 Å². The molecule has 0 N–H and O–H groups in total. The van der Waals surface area contributed by atoms with Gasteiger partial charge in [-0.05, 0) is 6.92 Å². The van der Waals surface area contributed by atoms with E-state index in [0.29, 0.717) is 26.4 Å². The highest BCUT2D eigenvalue weighted by Gasteiger charge is 2.21. The van der Waals surface area contributed by atoms with Gasteiger partial charge in [0.25, 0.3) is 0 Å². The molecule has 5 nitrogen and oxygen atoms in total. The molecule has 1 atom stereocenters. The Balaban J connectivity index is 2.36. The highest BCUT2D eigenvalue weighted by molar-refractivity contribution is 5.65. The van der Waals surface area contributed by atoms with E-state index in [1.807, 2.05) is 6.92 Å².